The van der Waals surface area contributed by atoms with Gasteiger partial charge in [-0.05, 0) is 57.6 Å². The summed E-state index contributed by atoms with van der Waals surface area (Å²) in [6.07, 6.45) is 0. The zero-order chi connectivity index (χ0) is 38.9. The molecule has 59 heavy (non-hydrogen) atoms. The number of hydrogen-bond acceptors (Lipinski definition) is 6. The van der Waals surface area contributed by atoms with Crippen molar-refractivity contribution in [3.8, 4) is 55.9 Å². The lowest BCUT2D eigenvalue weighted by Crippen LogP contribution is -2.28. The topological polar surface area (TPSA) is 64.7 Å². The highest BCUT2D eigenvalue weighted by Gasteiger charge is 2.47. The average molecular weight is 773 g/mol. The lowest BCUT2D eigenvalue weighted by atomic mass is 9.67. The van der Waals surface area contributed by atoms with E-state index < -0.39 is 5.41 Å². The van der Waals surface area contributed by atoms with E-state index >= 15 is 0 Å². The van der Waals surface area contributed by atoms with Crippen LogP contribution in [0, 0.1) is 0 Å². The zero-order valence-electron chi connectivity index (χ0n) is 31.6. The first kappa shape index (κ1) is 33.6. The Morgan fingerprint density at radius 1 is 0.390 bits per heavy atom. The van der Waals surface area contributed by atoms with E-state index in [1.807, 2.05) is 48.5 Å². The maximum absolute atomic E-state index is 6.59. The molecule has 0 saturated carbocycles. The largest absolute Gasteiger partial charge is 0.456 e. The molecule has 5 nitrogen and oxygen atoms in total. The molecular formula is C53H32N4OS. The van der Waals surface area contributed by atoms with Gasteiger partial charge in [-0.25, -0.2) is 19.9 Å². The summed E-state index contributed by atoms with van der Waals surface area (Å²) in [5.74, 6) is 1.78. The molecule has 8 aromatic carbocycles. The summed E-state index contributed by atoms with van der Waals surface area (Å²) < 4.78 is 7.73. The first-order valence-electron chi connectivity index (χ1n) is 19.7. The molecule has 3 aromatic heterocycles. The Balaban J connectivity index is 1.14. The monoisotopic (exact) mass is 772 g/mol. The highest BCUT2D eigenvalue weighted by molar-refractivity contribution is 7.21. The summed E-state index contributed by atoms with van der Waals surface area (Å²) in [5.41, 5.74) is 12.8. The van der Waals surface area contributed by atoms with Crippen molar-refractivity contribution >= 4 is 43.5 Å². The van der Waals surface area contributed by atoms with Gasteiger partial charge in [0.2, 0.25) is 0 Å². The molecule has 0 saturated heterocycles. The first-order valence-corrected chi connectivity index (χ1v) is 20.5. The van der Waals surface area contributed by atoms with Crippen LogP contribution in [0.1, 0.15) is 22.3 Å². The Morgan fingerprint density at radius 2 is 0.915 bits per heavy atom. The van der Waals surface area contributed by atoms with Crippen molar-refractivity contribution in [1.82, 2.24) is 19.9 Å². The third-order valence-corrected chi connectivity index (χ3v) is 12.7. The molecule has 0 N–H and O–H groups in total. The highest BCUT2D eigenvalue weighted by Crippen LogP contribution is 2.58. The summed E-state index contributed by atoms with van der Waals surface area (Å²) in [6.45, 7) is 0. The third-order valence-electron chi connectivity index (χ3n) is 11.7. The molecule has 1 aliphatic rings. The Morgan fingerprint density at radius 3 is 1.64 bits per heavy atom. The predicted molar refractivity (Wildman–Crippen MR) is 239 cm³/mol. The van der Waals surface area contributed by atoms with E-state index in [1.165, 1.54) is 22.3 Å². The number of benzene rings is 8. The molecule has 0 bridgehead atoms. The number of para-hydroxylation sites is 1. The maximum Gasteiger partial charge on any atom is 0.164 e. The fraction of sp³-hybridized carbons (Fsp3) is 0.0189. The summed E-state index contributed by atoms with van der Waals surface area (Å²) in [5, 5.41) is 2.88. The molecule has 276 valence electrons. The number of rotatable bonds is 6. The fourth-order valence-corrected chi connectivity index (χ4v) is 10.2. The maximum atomic E-state index is 6.59. The van der Waals surface area contributed by atoms with Crippen LogP contribution in [-0.4, -0.2) is 19.9 Å². The van der Waals surface area contributed by atoms with E-state index in [4.69, 9.17) is 24.4 Å². The Kier molecular flexibility index (Phi) is 7.55. The highest BCUT2D eigenvalue weighted by atomic mass is 32.1. The second-order valence-corrected chi connectivity index (χ2v) is 15.9. The molecule has 0 radical (unpaired) electrons. The van der Waals surface area contributed by atoms with Gasteiger partial charge in [0.1, 0.15) is 16.2 Å². The standard InChI is InChI=1S/C53H32N4OS/c1-4-17-33(18-5-1)49-55-50(37-24-14-28-41-46(37)36-23-10-11-27-40(36)53(41,34-19-6-2-7-20-34)35-21-8-3-9-22-35)57-51(56-49)38-25-15-30-43-47(38)48-39(26-16-31-44(48)58-43)52-54-42-29-12-13-32-45(42)59-52/h1-32H. The van der Waals surface area contributed by atoms with Gasteiger partial charge in [-0.1, -0.05) is 170 Å². The molecule has 0 amide bonds. The number of thiazole rings is 1. The van der Waals surface area contributed by atoms with E-state index in [1.54, 1.807) is 11.3 Å². The van der Waals surface area contributed by atoms with Crippen LogP contribution in [-0.2, 0) is 5.41 Å². The minimum absolute atomic E-state index is 0.555. The molecule has 6 heteroatoms. The van der Waals surface area contributed by atoms with Crippen molar-refractivity contribution in [2.24, 2.45) is 0 Å². The average Bonchev–Trinajstić information content (AvgIpc) is 4.01. The van der Waals surface area contributed by atoms with E-state index in [0.717, 1.165) is 70.5 Å². The quantitative estimate of drug-likeness (QED) is 0.168. The van der Waals surface area contributed by atoms with Gasteiger partial charge in [0.05, 0.1) is 15.6 Å². The van der Waals surface area contributed by atoms with Crippen LogP contribution < -0.4 is 0 Å². The minimum atomic E-state index is -0.555. The van der Waals surface area contributed by atoms with Gasteiger partial charge < -0.3 is 4.42 Å². The van der Waals surface area contributed by atoms with Crippen molar-refractivity contribution in [2.75, 3.05) is 0 Å². The number of nitrogens with zero attached hydrogens (tertiary/aromatic N) is 4. The van der Waals surface area contributed by atoms with Crippen LogP contribution in [0.4, 0.5) is 0 Å². The second kappa shape index (κ2) is 13.3. The molecule has 12 rings (SSSR count). The summed E-state index contributed by atoms with van der Waals surface area (Å²) in [6, 6.07) is 67.9. The lowest BCUT2D eigenvalue weighted by Gasteiger charge is -2.33. The smallest absolute Gasteiger partial charge is 0.164 e. The molecule has 0 spiro atoms. The van der Waals surface area contributed by atoms with Crippen molar-refractivity contribution in [3.63, 3.8) is 0 Å². The van der Waals surface area contributed by atoms with Crippen LogP contribution in [0.3, 0.4) is 0 Å². The van der Waals surface area contributed by atoms with E-state index in [0.29, 0.717) is 17.5 Å². The van der Waals surface area contributed by atoms with Crippen LogP contribution in [0.25, 0.3) is 88.0 Å². The zero-order valence-corrected chi connectivity index (χ0v) is 32.4. The summed E-state index contributed by atoms with van der Waals surface area (Å²) in [4.78, 5) is 21.1. The number of furan rings is 1. The lowest BCUT2D eigenvalue weighted by molar-refractivity contribution is 0.669. The van der Waals surface area contributed by atoms with E-state index in [-0.39, 0.29) is 0 Å². The first-order chi connectivity index (χ1) is 29.3. The summed E-state index contributed by atoms with van der Waals surface area (Å²) in [7, 11) is 0. The van der Waals surface area contributed by atoms with Gasteiger partial charge in [0.25, 0.3) is 0 Å². The Labute approximate surface area is 344 Å². The van der Waals surface area contributed by atoms with Crippen molar-refractivity contribution in [2.45, 2.75) is 5.41 Å². The Hall–Kier alpha value is -7.54. The van der Waals surface area contributed by atoms with Crippen molar-refractivity contribution < 1.29 is 4.42 Å². The predicted octanol–water partition coefficient (Wildman–Crippen LogP) is 13.4. The normalized spacial score (nSPS) is 12.9. The fourth-order valence-electron chi connectivity index (χ4n) is 9.23. The molecule has 0 unspecified atom stereocenters. The van der Waals surface area contributed by atoms with Crippen molar-refractivity contribution in [3.05, 3.63) is 216 Å². The molecule has 0 atom stereocenters. The van der Waals surface area contributed by atoms with Gasteiger partial charge >= 0.3 is 0 Å². The van der Waals surface area contributed by atoms with Crippen LogP contribution in [0.15, 0.2) is 199 Å². The van der Waals surface area contributed by atoms with E-state index in [9.17, 15) is 0 Å². The Bertz CT molecular complexity index is 3320. The number of fused-ring (bicyclic) bond motifs is 7. The second-order valence-electron chi connectivity index (χ2n) is 14.9. The molecule has 11 aromatic rings. The van der Waals surface area contributed by atoms with Crippen molar-refractivity contribution in [1.29, 1.82) is 0 Å². The molecule has 3 heterocycles. The van der Waals surface area contributed by atoms with Gasteiger partial charge in [0, 0.05) is 33.0 Å². The van der Waals surface area contributed by atoms with Gasteiger partial charge in [-0.3, -0.25) is 0 Å². The number of hydrogen-bond donors (Lipinski definition) is 0. The third kappa shape index (κ3) is 5.10. The van der Waals surface area contributed by atoms with Crippen LogP contribution in [0.2, 0.25) is 0 Å². The van der Waals surface area contributed by atoms with Crippen LogP contribution >= 0.6 is 11.3 Å². The number of aromatic nitrogens is 4. The van der Waals surface area contributed by atoms with Crippen LogP contribution in [0.5, 0.6) is 0 Å². The minimum Gasteiger partial charge on any atom is -0.456 e. The van der Waals surface area contributed by atoms with E-state index in [2.05, 4.69) is 146 Å². The van der Waals surface area contributed by atoms with Gasteiger partial charge in [0.15, 0.2) is 17.5 Å². The molecular weight excluding hydrogens is 741 g/mol. The van der Waals surface area contributed by atoms with Gasteiger partial charge in [-0.15, -0.1) is 11.3 Å². The molecule has 0 fully saturated rings. The SMILES string of the molecule is c1ccc(-c2nc(-c3cccc4c3-c3ccccc3C4(c3ccccc3)c3ccccc3)nc(-c3cccc4oc5cccc(-c6nc7ccccc7s6)c5c34)n2)cc1. The summed E-state index contributed by atoms with van der Waals surface area (Å²) >= 11 is 1.69. The molecule has 0 aliphatic heterocycles. The molecule has 1 aliphatic carbocycles. The van der Waals surface area contributed by atoms with Gasteiger partial charge in [-0.2, -0.15) is 0 Å².